The van der Waals surface area contributed by atoms with E-state index in [0.717, 1.165) is 17.8 Å². The summed E-state index contributed by atoms with van der Waals surface area (Å²) < 4.78 is 0. The minimum atomic E-state index is 0.821. The molecule has 2 aromatic carbocycles. The van der Waals surface area contributed by atoms with Crippen molar-refractivity contribution in [2.45, 2.75) is 18.4 Å². The Kier molecular flexibility index (Phi) is 4.11. The molecule has 1 heterocycles. The highest BCUT2D eigenvalue weighted by molar-refractivity contribution is 7.98. The predicted octanol–water partition coefficient (Wildman–Crippen LogP) is 4.88. The van der Waals surface area contributed by atoms with Crippen LogP contribution < -0.4 is 5.32 Å². The van der Waals surface area contributed by atoms with Gasteiger partial charge in [0.2, 0.25) is 0 Å². The molecule has 2 nitrogen and oxygen atoms in total. The van der Waals surface area contributed by atoms with Gasteiger partial charge in [0.05, 0.1) is 5.52 Å². The number of thioether (sulfide) groups is 1. The predicted molar refractivity (Wildman–Crippen MR) is 92.0 cm³/mol. The first-order valence-electron chi connectivity index (χ1n) is 6.99. The molecule has 0 saturated heterocycles. The highest BCUT2D eigenvalue weighted by Crippen LogP contribution is 2.25. The quantitative estimate of drug-likeness (QED) is 0.694. The summed E-state index contributed by atoms with van der Waals surface area (Å²) in [4.78, 5) is 5.81. The van der Waals surface area contributed by atoms with Gasteiger partial charge in [0.25, 0.3) is 0 Å². The lowest BCUT2D eigenvalue weighted by Crippen LogP contribution is -2.00. The molecule has 0 unspecified atom stereocenters. The number of rotatable bonds is 4. The normalized spacial score (nSPS) is 10.8. The van der Waals surface area contributed by atoms with Crippen LogP contribution in [0.3, 0.4) is 0 Å². The van der Waals surface area contributed by atoms with E-state index in [9.17, 15) is 0 Å². The van der Waals surface area contributed by atoms with Gasteiger partial charge in [0.1, 0.15) is 0 Å². The van der Waals surface area contributed by atoms with Crippen molar-refractivity contribution in [2.75, 3.05) is 11.6 Å². The van der Waals surface area contributed by atoms with Gasteiger partial charge in [0.15, 0.2) is 0 Å². The van der Waals surface area contributed by atoms with E-state index in [1.165, 1.54) is 21.5 Å². The molecule has 1 aromatic heterocycles. The fourth-order valence-electron chi connectivity index (χ4n) is 2.37. The number of pyridine rings is 1. The summed E-state index contributed by atoms with van der Waals surface area (Å²) in [6.45, 7) is 2.84. The second-order valence-corrected chi connectivity index (χ2v) is 5.88. The van der Waals surface area contributed by atoms with Crippen LogP contribution in [-0.2, 0) is 6.54 Å². The number of fused-ring (bicyclic) bond motifs is 1. The van der Waals surface area contributed by atoms with Crippen LogP contribution in [0.4, 0.5) is 5.69 Å². The summed E-state index contributed by atoms with van der Waals surface area (Å²) in [5, 5.41) is 4.71. The molecule has 0 amide bonds. The number of nitrogens with one attached hydrogen (secondary N) is 1. The van der Waals surface area contributed by atoms with Gasteiger partial charge in [-0.25, -0.2) is 0 Å². The SMILES string of the molecule is CSc1ccccc1NCc1ccc2nc(C)ccc2c1. The molecule has 0 fully saturated rings. The van der Waals surface area contributed by atoms with Crippen LogP contribution >= 0.6 is 11.8 Å². The van der Waals surface area contributed by atoms with Gasteiger partial charge in [-0.15, -0.1) is 11.8 Å². The summed E-state index contributed by atoms with van der Waals surface area (Å²) in [6.07, 6.45) is 2.10. The van der Waals surface area contributed by atoms with Crippen molar-refractivity contribution < 1.29 is 0 Å². The largest absolute Gasteiger partial charge is 0.380 e. The molecule has 3 aromatic rings. The van der Waals surface area contributed by atoms with Crippen LogP contribution in [0.5, 0.6) is 0 Å². The Bertz CT molecular complexity index is 768. The van der Waals surface area contributed by atoms with E-state index in [-0.39, 0.29) is 0 Å². The zero-order valence-electron chi connectivity index (χ0n) is 12.3. The topological polar surface area (TPSA) is 24.9 Å². The maximum absolute atomic E-state index is 4.54. The third-order valence-corrected chi connectivity index (χ3v) is 4.28. The molecule has 106 valence electrons. The standard InChI is InChI=1S/C18H18N2S/c1-13-7-9-15-11-14(8-10-16(15)20-13)12-19-17-5-3-4-6-18(17)21-2/h3-11,19H,12H2,1-2H3. The third kappa shape index (κ3) is 3.19. The van der Waals surface area contributed by atoms with Crippen LogP contribution in [0.25, 0.3) is 10.9 Å². The van der Waals surface area contributed by atoms with E-state index in [1.54, 1.807) is 11.8 Å². The van der Waals surface area contributed by atoms with Gasteiger partial charge in [0, 0.05) is 28.2 Å². The number of hydrogen-bond donors (Lipinski definition) is 1. The maximum Gasteiger partial charge on any atom is 0.0705 e. The van der Waals surface area contributed by atoms with E-state index < -0.39 is 0 Å². The van der Waals surface area contributed by atoms with Crippen LogP contribution in [0, 0.1) is 6.92 Å². The van der Waals surface area contributed by atoms with Gasteiger partial charge in [-0.3, -0.25) is 4.98 Å². The van der Waals surface area contributed by atoms with E-state index in [1.807, 2.05) is 6.92 Å². The second-order valence-electron chi connectivity index (χ2n) is 5.03. The molecule has 0 aliphatic carbocycles. The average Bonchev–Trinajstić information content (AvgIpc) is 2.53. The highest BCUT2D eigenvalue weighted by atomic mass is 32.2. The summed E-state index contributed by atoms with van der Waals surface area (Å²) in [7, 11) is 0. The van der Waals surface area contributed by atoms with Crippen LogP contribution in [-0.4, -0.2) is 11.2 Å². The van der Waals surface area contributed by atoms with Crippen molar-refractivity contribution in [3.05, 3.63) is 65.9 Å². The molecule has 0 aliphatic heterocycles. The molecular formula is C18H18N2S. The zero-order chi connectivity index (χ0) is 14.7. The molecule has 0 atom stereocenters. The summed E-state index contributed by atoms with van der Waals surface area (Å²) in [6, 6.07) is 19.0. The molecular weight excluding hydrogens is 276 g/mol. The summed E-state index contributed by atoms with van der Waals surface area (Å²) >= 11 is 1.76. The first kappa shape index (κ1) is 14.0. The van der Waals surface area contributed by atoms with Crippen molar-refractivity contribution in [3.63, 3.8) is 0 Å². The second kappa shape index (κ2) is 6.19. The molecule has 21 heavy (non-hydrogen) atoms. The Balaban J connectivity index is 1.80. The molecule has 0 spiro atoms. The smallest absolute Gasteiger partial charge is 0.0705 e. The Morgan fingerprint density at radius 1 is 1.05 bits per heavy atom. The van der Waals surface area contributed by atoms with Gasteiger partial charge in [-0.2, -0.15) is 0 Å². The van der Waals surface area contributed by atoms with E-state index in [0.29, 0.717) is 0 Å². The minimum Gasteiger partial charge on any atom is -0.380 e. The zero-order valence-corrected chi connectivity index (χ0v) is 13.1. The van der Waals surface area contributed by atoms with E-state index in [2.05, 4.69) is 71.2 Å². The molecule has 1 N–H and O–H groups in total. The molecule has 0 saturated carbocycles. The maximum atomic E-state index is 4.54. The lowest BCUT2D eigenvalue weighted by Gasteiger charge is -2.11. The third-order valence-electron chi connectivity index (χ3n) is 3.48. The number of para-hydroxylation sites is 1. The molecule has 0 bridgehead atoms. The Morgan fingerprint density at radius 2 is 1.90 bits per heavy atom. The lowest BCUT2D eigenvalue weighted by molar-refractivity contribution is 1.13. The molecule has 0 aliphatic rings. The number of aryl methyl sites for hydroxylation is 1. The number of benzene rings is 2. The van der Waals surface area contributed by atoms with Crippen molar-refractivity contribution >= 4 is 28.4 Å². The minimum absolute atomic E-state index is 0.821. The Hall–Kier alpha value is -2.00. The van der Waals surface area contributed by atoms with Gasteiger partial charge in [-0.1, -0.05) is 24.3 Å². The lowest BCUT2D eigenvalue weighted by atomic mass is 10.1. The molecule has 0 radical (unpaired) electrons. The van der Waals surface area contributed by atoms with Crippen molar-refractivity contribution in [1.82, 2.24) is 4.98 Å². The first-order valence-corrected chi connectivity index (χ1v) is 8.22. The highest BCUT2D eigenvalue weighted by Gasteiger charge is 2.01. The van der Waals surface area contributed by atoms with Crippen molar-refractivity contribution in [1.29, 1.82) is 0 Å². The van der Waals surface area contributed by atoms with E-state index >= 15 is 0 Å². The van der Waals surface area contributed by atoms with Gasteiger partial charge < -0.3 is 5.32 Å². The van der Waals surface area contributed by atoms with Crippen LogP contribution in [0.15, 0.2) is 59.5 Å². The molecule has 3 heteroatoms. The van der Waals surface area contributed by atoms with Gasteiger partial charge in [-0.05, 0) is 49.1 Å². The van der Waals surface area contributed by atoms with Crippen LogP contribution in [0.1, 0.15) is 11.3 Å². The molecule has 3 rings (SSSR count). The number of hydrogen-bond acceptors (Lipinski definition) is 3. The van der Waals surface area contributed by atoms with Crippen molar-refractivity contribution in [3.8, 4) is 0 Å². The van der Waals surface area contributed by atoms with Gasteiger partial charge >= 0.3 is 0 Å². The monoisotopic (exact) mass is 294 g/mol. The number of anilines is 1. The van der Waals surface area contributed by atoms with E-state index in [4.69, 9.17) is 0 Å². The summed E-state index contributed by atoms with van der Waals surface area (Å²) in [5.74, 6) is 0. The Morgan fingerprint density at radius 3 is 2.76 bits per heavy atom. The number of aromatic nitrogens is 1. The summed E-state index contributed by atoms with van der Waals surface area (Å²) in [5.41, 5.74) is 4.57. The average molecular weight is 294 g/mol. The van der Waals surface area contributed by atoms with Crippen LogP contribution in [0.2, 0.25) is 0 Å². The Labute approximate surface area is 129 Å². The first-order chi connectivity index (χ1) is 10.3. The van der Waals surface area contributed by atoms with Crippen molar-refractivity contribution in [2.24, 2.45) is 0 Å². The fraction of sp³-hybridized carbons (Fsp3) is 0.167. The number of nitrogens with zero attached hydrogens (tertiary/aromatic N) is 1. The fourth-order valence-corrected chi connectivity index (χ4v) is 2.95.